The molecule has 1 aromatic rings. The summed E-state index contributed by atoms with van der Waals surface area (Å²) < 4.78 is 0. The molecule has 0 bridgehead atoms. The number of carboxylic acids is 1. The van der Waals surface area contributed by atoms with Crippen molar-refractivity contribution in [2.45, 2.75) is 70.9 Å². The molecule has 1 heterocycles. The number of carbonyl (C=O) groups excluding carboxylic acids is 1. The van der Waals surface area contributed by atoms with Crippen molar-refractivity contribution in [3.05, 3.63) is 34.9 Å². The number of aliphatic carboxylic acids is 1. The molecule has 138 valence electrons. The fourth-order valence-electron chi connectivity index (χ4n) is 3.81. The van der Waals surface area contributed by atoms with E-state index in [1.165, 1.54) is 0 Å². The van der Waals surface area contributed by atoms with Crippen LogP contribution in [0.3, 0.4) is 0 Å². The van der Waals surface area contributed by atoms with Crippen LogP contribution in [0.5, 0.6) is 0 Å². The van der Waals surface area contributed by atoms with E-state index in [0.717, 1.165) is 37.7 Å². The van der Waals surface area contributed by atoms with Crippen molar-refractivity contribution in [2.24, 2.45) is 5.92 Å². The number of unbranched alkanes of at least 4 members (excludes halogenated alkanes) is 1. The minimum Gasteiger partial charge on any atom is -0.481 e. The quantitative estimate of drug-likeness (QED) is 0.700. The highest BCUT2D eigenvalue weighted by Crippen LogP contribution is 2.38. The van der Waals surface area contributed by atoms with E-state index in [2.05, 4.69) is 13.8 Å². The second-order valence-electron chi connectivity index (χ2n) is 6.89. The molecule has 3 atom stereocenters. The highest BCUT2D eigenvalue weighted by molar-refractivity contribution is 6.30. The summed E-state index contributed by atoms with van der Waals surface area (Å²) in [5.41, 5.74) is 1.08. The predicted molar refractivity (Wildman–Crippen MR) is 99.6 cm³/mol. The zero-order valence-electron chi connectivity index (χ0n) is 15.1. The molecule has 1 N–H and O–H groups in total. The molecule has 1 fully saturated rings. The van der Waals surface area contributed by atoms with Gasteiger partial charge in [0.15, 0.2) is 0 Å². The molecule has 1 amide bonds. The van der Waals surface area contributed by atoms with Gasteiger partial charge in [0.05, 0.1) is 12.5 Å². The van der Waals surface area contributed by atoms with E-state index >= 15 is 0 Å². The van der Waals surface area contributed by atoms with Gasteiger partial charge in [0.25, 0.3) is 0 Å². The summed E-state index contributed by atoms with van der Waals surface area (Å²) in [6.45, 7) is 4.25. The monoisotopic (exact) mass is 365 g/mol. The Hall–Kier alpha value is -1.55. The second-order valence-corrected chi connectivity index (χ2v) is 7.33. The van der Waals surface area contributed by atoms with Crippen LogP contribution in [0.4, 0.5) is 0 Å². The Morgan fingerprint density at radius 2 is 1.96 bits per heavy atom. The number of amides is 1. The summed E-state index contributed by atoms with van der Waals surface area (Å²) in [5, 5.41) is 9.81. The highest BCUT2D eigenvalue weighted by Gasteiger charge is 2.39. The summed E-state index contributed by atoms with van der Waals surface area (Å²) >= 11 is 6.01. The van der Waals surface area contributed by atoms with Crippen molar-refractivity contribution in [1.29, 1.82) is 0 Å². The number of piperidine rings is 1. The average Bonchev–Trinajstić information content (AvgIpc) is 2.59. The summed E-state index contributed by atoms with van der Waals surface area (Å²) in [6, 6.07) is 7.85. The molecule has 1 aliphatic heterocycles. The Kier molecular flexibility index (Phi) is 7.30. The highest BCUT2D eigenvalue weighted by atomic mass is 35.5. The fourth-order valence-corrected chi connectivity index (χ4v) is 3.94. The van der Waals surface area contributed by atoms with Crippen molar-refractivity contribution in [1.82, 2.24) is 4.90 Å². The molecule has 0 spiro atoms. The van der Waals surface area contributed by atoms with E-state index in [9.17, 15) is 9.59 Å². The van der Waals surface area contributed by atoms with Crippen LogP contribution in [-0.4, -0.2) is 27.9 Å². The first kappa shape index (κ1) is 19.8. The zero-order valence-corrected chi connectivity index (χ0v) is 15.8. The number of carbonyl (C=O) groups is 2. The van der Waals surface area contributed by atoms with Gasteiger partial charge in [0.1, 0.15) is 0 Å². The molecular weight excluding hydrogens is 338 g/mol. The molecule has 2 rings (SSSR count). The van der Waals surface area contributed by atoms with E-state index in [4.69, 9.17) is 16.7 Å². The zero-order chi connectivity index (χ0) is 18.4. The first-order valence-electron chi connectivity index (χ1n) is 9.27. The van der Waals surface area contributed by atoms with Crippen LogP contribution in [0.15, 0.2) is 24.3 Å². The third kappa shape index (κ3) is 4.97. The van der Waals surface area contributed by atoms with Crippen molar-refractivity contribution in [3.63, 3.8) is 0 Å². The molecule has 4 nitrogen and oxygen atoms in total. The van der Waals surface area contributed by atoms with Crippen molar-refractivity contribution >= 4 is 23.5 Å². The van der Waals surface area contributed by atoms with Gasteiger partial charge < -0.3 is 10.0 Å². The van der Waals surface area contributed by atoms with E-state index in [1.807, 2.05) is 29.2 Å². The van der Waals surface area contributed by atoms with E-state index in [-0.39, 0.29) is 24.4 Å². The Morgan fingerprint density at radius 3 is 2.52 bits per heavy atom. The smallest absolute Gasteiger partial charge is 0.304 e. The van der Waals surface area contributed by atoms with Gasteiger partial charge in [-0.25, -0.2) is 0 Å². The molecule has 1 aliphatic rings. The van der Waals surface area contributed by atoms with Crippen molar-refractivity contribution in [3.8, 4) is 0 Å². The first-order chi connectivity index (χ1) is 12.0. The summed E-state index contributed by atoms with van der Waals surface area (Å²) in [4.78, 5) is 26.2. The maximum atomic E-state index is 13.1. The Labute approximate surface area is 155 Å². The largest absolute Gasteiger partial charge is 0.481 e. The molecule has 1 saturated heterocycles. The van der Waals surface area contributed by atoms with Gasteiger partial charge in [-0.15, -0.1) is 0 Å². The topological polar surface area (TPSA) is 57.6 Å². The number of hydrogen-bond donors (Lipinski definition) is 1. The lowest BCUT2D eigenvalue weighted by Crippen LogP contribution is -2.49. The van der Waals surface area contributed by atoms with Gasteiger partial charge in [-0.2, -0.15) is 0 Å². The number of rotatable bonds is 8. The Balaban J connectivity index is 2.31. The van der Waals surface area contributed by atoms with Gasteiger partial charge in [-0.05, 0) is 43.4 Å². The summed E-state index contributed by atoms with van der Waals surface area (Å²) in [6.07, 6.45) is 5.35. The number of carboxylic acid groups (broad SMARTS) is 1. The fraction of sp³-hybridized carbons (Fsp3) is 0.600. The van der Waals surface area contributed by atoms with Crippen molar-refractivity contribution < 1.29 is 14.7 Å². The van der Waals surface area contributed by atoms with Gasteiger partial charge in [0.2, 0.25) is 5.91 Å². The SMILES string of the molecule is CCCCC(CC)N1C(=O)C(CC(=O)O)CCC1c1ccc(Cl)cc1. The minimum atomic E-state index is -0.898. The van der Waals surface area contributed by atoms with Gasteiger partial charge in [-0.1, -0.05) is 50.4 Å². The second kappa shape index (κ2) is 9.23. The summed E-state index contributed by atoms with van der Waals surface area (Å²) in [7, 11) is 0. The van der Waals surface area contributed by atoms with Gasteiger partial charge in [-0.3, -0.25) is 9.59 Å². The first-order valence-corrected chi connectivity index (χ1v) is 9.65. The van der Waals surface area contributed by atoms with E-state index < -0.39 is 11.9 Å². The molecule has 0 aliphatic carbocycles. The molecule has 0 aromatic heterocycles. The Bertz CT molecular complexity index is 587. The third-order valence-electron chi connectivity index (χ3n) is 5.16. The van der Waals surface area contributed by atoms with Crippen LogP contribution < -0.4 is 0 Å². The van der Waals surface area contributed by atoms with Crippen LogP contribution in [0.1, 0.15) is 70.4 Å². The summed E-state index contributed by atoms with van der Waals surface area (Å²) in [5.74, 6) is -1.31. The molecule has 0 saturated carbocycles. The molecular formula is C20H28ClNO3. The maximum Gasteiger partial charge on any atom is 0.304 e. The standard InChI is InChI=1S/C20H28ClNO3/c1-3-5-6-17(4-2)22-18(14-7-10-16(21)11-8-14)12-9-15(20(22)25)13-19(23)24/h7-8,10-11,15,17-18H,3-6,9,12-13H2,1-2H3,(H,23,24). The van der Waals surface area contributed by atoms with Crippen LogP contribution in [0.25, 0.3) is 0 Å². The molecule has 0 radical (unpaired) electrons. The lowest BCUT2D eigenvalue weighted by molar-refractivity contribution is -0.151. The lowest BCUT2D eigenvalue weighted by Gasteiger charge is -2.44. The third-order valence-corrected chi connectivity index (χ3v) is 5.41. The van der Waals surface area contributed by atoms with Gasteiger partial charge in [0, 0.05) is 17.0 Å². The number of likely N-dealkylation sites (tertiary alicyclic amines) is 1. The van der Waals surface area contributed by atoms with Crippen LogP contribution in [-0.2, 0) is 9.59 Å². The predicted octanol–water partition coefficient (Wildman–Crippen LogP) is 5.06. The lowest BCUT2D eigenvalue weighted by atomic mass is 9.84. The average molecular weight is 366 g/mol. The van der Waals surface area contributed by atoms with E-state index in [1.54, 1.807) is 0 Å². The maximum absolute atomic E-state index is 13.1. The van der Waals surface area contributed by atoms with Crippen LogP contribution in [0, 0.1) is 5.92 Å². The van der Waals surface area contributed by atoms with Crippen LogP contribution in [0.2, 0.25) is 5.02 Å². The molecule has 1 aromatic carbocycles. The molecule has 25 heavy (non-hydrogen) atoms. The normalized spacial score (nSPS) is 22.0. The minimum absolute atomic E-state index is 0.00319. The molecule has 5 heteroatoms. The Morgan fingerprint density at radius 1 is 1.28 bits per heavy atom. The number of hydrogen-bond acceptors (Lipinski definition) is 2. The van der Waals surface area contributed by atoms with Crippen LogP contribution >= 0.6 is 11.6 Å². The van der Waals surface area contributed by atoms with Crippen molar-refractivity contribution in [2.75, 3.05) is 0 Å². The number of halogens is 1. The van der Waals surface area contributed by atoms with Gasteiger partial charge >= 0.3 is 5.97 Å². The number of benzene rings is 1. The van der Waals surface area contributed by atoms with E-state index in [0.29, 0.717) is 11.4 Å². The molecule has 3 unspecified atom stereocenters. The number of nitrogens with zero attached hydrogens (tertiary/aromatic N) is 1.